The molecule has 4 heteroatoms. The Bertz CT molecular complexity index is 82.2. The van der Waals surface area contributed by atoms with Crippen LogP contribution in [-0.2, 0) is 0 Å². The first kappa shape index (κ1) is 11.8. The lowest BCUT2D eigenvalue weighted by Crippen LogP contribution is -2.32. The van der Waals surface area contributed by atoms with Gasteiger partial charge >= 0.3 is 0 Å². The Morgan fingerprint density at radius 3 is 1.42 bits per heavy atom. The van der Waals surface area contributed by atoms with Gasteiger partial charge in [-0.1, -0.05) is 6.92 Å². The fourth-order valence-electron chi connectivity index (χ4n) is 0.485. The SMILES string of the molecule is C1CN1.CCC(CO)(CO)CO. The molecule has 4 N–H and O–H groups in total. The van der Waals surface area contributed by atoms with Crippen molar-refractivity contribution in [3.8, 4) is 0 Å². The van der Waals surface area contributed by atoms with Gasteiger partial charge in [-0.3, -0.25) is 0 Å². The Labute approximate surface area is 73.2 Å². The maximum Gasteiger partial charge on any atom is 0.0531 e. The first-order valence-corrected chi connectivity index (χ1v) is 4.28. The Balaban J connectivity index is 0.000000330. The molecule has 1 heterocycles. The number of hydrogen-bond donors (Lipinski definition) is 4. The average Bonchev–Trinajstić information content (AvgIpc) is 2.96. The molecule has 0 atom stereocenters. The summed E-state index contributed by atoms with van der Waals surface area (Å²) >= 11 is 0. The quantitative estimate of drug-likeness (QED) is 0.413. The van der Waals surface area contributed by atoms with E-state index < -0.39 is 5.41 Å². The fraction of sp³-hybridized carbons (Fsp3) is 1.00. The Morgan fingerprint density at radius 1 is 1.08 bits per heavy atom. The third-order valence-electron chi connectivity index (χ3n) is 2.01. The predicted octanol–water partition coefficient (Wildman–Crippen LogP) is -1.05. The molecule has 12 heavy (non-hydrogen) atoms. The van der Waals surface area contributed by atoms with Crippen LogP contribution < -0.4 is 5.32 Å². The molecule has 0 spiro atoms. The third-order valence-corrected chi connectivity index (χ3v) is 2.01. The van der Waals surface area contributed by atoms with Crippen LogP contribution >= 0.6 is 0 Å². The van der Waals surface area contributed by atoms with Crippen molar-refractivity contribution in [2.45, 2.75) is 13.3 Å². The monoisotopic (exact) mass is 177 g/mol. The van der Waals surface area contributed by atoms with Crippen LogP contribution in [0.5, 0.6) is 0 Å². The normalized spacial score (nSPS) is 15.0. The van der Waals surface area contributed by atoms with Crippen molar-refractivity contribution in [1.29, 1.82) is 0 Å². The van der Waals surface area contributed by atoms with E-state index in [1.165, 1.54) is 13.1 Å². The van der Waals surface area contributed by atoms with Crippen molar-refractivity contribution < 1.29 is 15.3 Å². The van der Waals surface area contributed by atoms with Gasteiger partial charge in [0.25, 0.3) is 0 Å². The molecule has 1 aliphatic heterocycles. The first-order valence-electron chi connectivity index (χ1n) is 4.28. The van der Waals surface area contributed by atoms with E-state index in [-0.39, 0.29) is 19.8 Å². The molecule has 1 saturated heterocycles. The van der Waals surface area contributed by atoms with Crippen molar-refractivity contribution in [3.63, 3.8) is 0 Å². The van der Waals surface area contributed by atoms with Crippen LogP contribution in [-0.4, -0.2) is 48.2 Å². The molecule has 0 aromatic heterocycles. The van der Waals surface area contributed by atoms with Crippen LogP contribution in [0.2, 0.25) is 0 Å². The minimum Gasteiger partial charge on any atom is -0.396 e. The van der Waals surface area contributed by atoms with Crippen LogP contribution in [0.1, 0.15) is 13.3 Å². The van der Waals surface area contributed by atoms with E-state index in [1.807, 2.05) is 6.92 Å². The zero-order valence-electron chi connectivity index (χ0n) is 7.58. The molecule has 1 fully saturated rings. The van der Waals surface area contributed by atoms with Crippen molar-refractivity contribution in [3.05, 3.63) is 0 Å². The summed E-state index contributed by atoms with van der Waals surface area (Å²) in [5.74, 6) is 0. The molecule has 0 aliphatic carbocycles. The van der Waals surface area contributed by atoms with Crippen LogP contribution in [0, 0.1) is 5.41 Å². The van der Waals surface area contributed by atoms with Crippen molar-refractivity contribution >= 4 is 0 Å². The van der Waals surface area contributed by atoms with Gasteiger partial charge in [0.2, 0.25) is 0 Å². The molecular formula is C8H19NO3. The van der Waals surface area contributed by atoms with E-state index in [1.54, 1.807) is 0 Å². The highest BCUT2D eigenvalue weighted by Crippen LogP contribution is 2.18. The molecule has 74 valence electrons. The second kappa shape index (κ2) is 6.37. The lowest BCUT2D eigenvalue weighted by Gasteiger charge is -2.24. The highest BCUT2D eigenvalue weighted by Gasteiger charge is 2.24. The molecule has 1 rings (SSSR count). The molecule has 0 radical (unpaired) electrons. The van der Waals surface area contributed by atoms with E-state index in [4.69, 9.17) is 15.3 Å². The molecule has 1 aliphatic rings. The lowest BCUT2D eigenvalue weighted by atomic mass is 9.88. The fourth-order valence-corrected chi connectivity index (χ4v) is 0.485. The van der Waals surface area contributed by atoms with Gasteiger partial charge in [0, 0.05) is 18.5 Å². The minimum atomic E-state index is -0.667. The van der Waals surface area contributed by atoms with Gasteiger partial charge in [-0.2, -0.15) is 0 Å². The Kier molecular flexibility index (Phi) is 6.28. The Morgan fingerprint density at radius 2 is 1.42 bits per heavy atom. The maximum atomic E-state index is 8.66. The van der Waals surface area contributed by atoms with Gasteiger partial charge in [0.1, 0.15) is 0 Å². The van der Waals surface area contributed by atoms with Crippen molar-refractivity contribution in [2.24, 2.45) is 5.41 Å². The summed E-state index contributed by atoms with van der Waals surface area (Å²) in [6.45, 7) is 3.85. The van der Waals surface area contributed by atoms with Crippen LogP contribution in [0.4, 0.5) is 0 Å². The summed E-state index contributed by atoms with van der Waals surface area (Å²) < 4.78 is 0. The second-order valence-corrected chi connectivity index (χ2v) is 3.08. The largest absolute Gasteiger partial charge is 0.396 e. The maximum absolute atomic E-state index is 8.66. The van der Waals surface area contributed by atoms with Crippen LogP contribution in [0.25, 0.3) is 0 Å². The molecule has 0 amide bonds. The van der Waals surface area contributed by atoms with E-state index in [0.29, 0.717) is 6.42 Å². The number of nitrogens with one attached hydrogen (secondary N) is 1. The van der Waals surface area contributed by atoms with Crippen molar-refractivity contribution in [1.82, 2.24) is 5.32 Å². The number of aliphatic hydroxyl groups is 3. The summed E-state index contributed by atoms with van der Waals surface area (Å²) in [5, 5.41) is 29.0. The molecule has 0 aromatic carbocycles. The van der Waals surface area contributed by atoms with E-state index in [2.05, 4.69) is 5.32 Å². The zero-order valence-corrected chi connectivity index (χ0v) is 7.58. The second-order valence-electron chi connectivity index (χ2n) is 3.08. The summed E-state index contributed by atoms with van der Waals surface area (Å²) in [6.07, 6.45) is 0.594. The Hall–Kier alpha value is -0.160. The van der Waals surface area contributed by atoms with Gasteiger partial charge < -0.3 is 20.6 Å². The predicted molar refractivity (Wildman–Crippen MR) is 46.9 cm³/mol. The van der Waals surface area contributed by atoms with Gasteiger partial charge in [0.05, 0.1) is 19.8 Å². The summed E-state index contributed by atoms with van der Waals surface area (Å²) in [7, 11) is 0. The topological polar surface area (TPSA) is 82.6 Å². The molecule has 0 aromatic rings. The average molecular weight is 177 g/mol. The lowest BCUT2D eigenvalue weighted by molar-refractivity contribution is 0.00304. The first-order chi connectivity index (χ1) is 5.74. The molecule has 0 unspecified atom stereocenters. The summed E-state index contributed by atoms with van der Waals surface area (Å²) in [4.78, 5) is 0. The van der Waals surface area contributed by atoms with E-state index in [9.17, 15) is 0 Å². The van der Waals surface area contributed by atoms with E-state index >= 15 is 0 Å². The summed E-state index contributed by atoms with van der Waals surface area (Å²) in [5.41, 5.74) is -0.667. The number of aliphatic hydroxyl groups excluding tert-OH is 3. The van der Waals surface area contributed by atoms with Crippen LogP contribution in [0.15, 0.2) is 0 Å². The minimum absolute atomic E-state index is 0.156. The highest BCUT2D eigenvalue weighted by atomic mass is 16.3. The van der Waals surface area contributed by atoms with Crippen LogP contribution in [0.3, 0.4) is 0 Å². The summed E-state index contributed by atoms with van der Waals surface area (Å²) in [6, 6.07) is 0. The third kappa shape index (κ3) is 4.66. The highest BCUT2D eigenvalue weighted by molar-refractivity contribution is 4.74. The number of rotatable bonds is 4. The van der Waals surface area contributed by atoms with Gasteiger partial charge in [-0.25, -0.2) is 0 Å². The van der Waals surface area contributed by atoms with Gasteiger partial charge in [-0.15, -0.1) is 0 Å². The zero-order chi connectivity index (χ0) is 9.45. The smallest absolute Gasteiger partial charge is 0.0531 e. The standard InChI is InChI=1S/C6H14O3.C2H5N/c1-2-6(3-7,4-8)5-9;1-2-3-1/h7-9H,2-5H2,1H3;3H,1-2H2. The van der Waals surface area contributed by atoms with Crippen molar-refractivity contribution in [2.75, 3.05) is 32.9 Å². The number of hydrogen-bond acceptors (Lipinski definition) is 4. The van der Waals surface area contributed by atoms with Gasteiger partial charge in [-0.05, 0) is 6.42 Å². The molecule has 4 nitrogen and oxygen atoms in total. The molecule has 0 bridgehead atoms. The molecular weight excluding hydrogens is 158 g/mol. The molecule has 0 saturated carbocycles. The van der Waals surface area contributed by atoms with E-state index in [0.717, 1.165) is 0 Å². The van der Waals surface area contributed by atoms with Gasteiger partial charge in [0.15, 0.2) is 0 Å².